The summed E-state index contributed by atoms with van der Waals surface area (Å²) >= 11 is 0. The number of amides is 1. The summed E-state index contributed by atoms with van der Waals surface area (Å²) < 4.78 is 5.42. The minimum atomic E-state index is -0.370. The summed E-state index contributed by atoms with van der Waals surface area (Å²) in [4.78, 5) is 18.5. The van der Waals surface area contributed by atoms with Crippen molar-refractivity contribution in [1.82, 2.24) is 10.3 Å². The lowest BCUT2D eigenvalue weighted by atomic mass is 10.2. The van der Waals surface area contributed by atoms with Gasteiger partial charge in [-0.15, -0.1) is 0 Å². The first kappa shape index (κ1) is 12.9. The fourth-order valence-corrected chi connectivity index (χ4v) is 2.27. The van der Waals surface area contributed by atoms with Crippen molar-refractivity contribution in [3.05, 3.63) is 23.9 Å². The summed E-state index contributed by atoms with van der Waals surface area (Å²) in [6.45, 7) is 1.52. The van der Waals surface area contributed by atoms with Gasteiger partial charge in [-0.25, -0.2) is 4.98 Å². The van der Waals surface area contributed by atoms with Crippen molar-refractivity contribution < 1.29 is 9.53 Å². The van der Waals surface area contributed by atoms with Gasteiger partial charge in [0.1, 0.15) is 11.9 Å². The highest BCUT2D eigenvalue weighted by molar-refractivity contribution is 5.85. The van der Waals surface area contributed by atoms with E-state index >= 15 is 0 Å². The number of nitrogens with zero attached hydrogens (tertiary/aromatic N) is 3. The van der Waals surface area contributed by atoms with E-state index in [0.717, 1.165) is 12.8 Å². The van der Waals surface area contributed by atoms with E-state index in [9.17, 15) is 4.79 Å². The second kappa shape index (κ2) is 5.47. The molecule has 1 N–H and O–H groups in total. The summed E-state index contributed by atoms with van der Waals surface area (Å²) in [6, 6.07) is 5.42. The van der Waals surface area contributed by atoms with Crippen LogP contribution >= 0.6 is 0 Å². The maximum absolute atomic E-state index is 12.3. The maximum Gasteiger partial charge on any atom is 0.245 e. The molecule has 0 radical (unpaired) electrons. The molecule has 0 bridgehead atoms. The van der Waals surface area contributed by atoms with Crippen LogP contribution in [0.5, 0.6) is 0 Å². The highest BCUT2D eigenvalue weighted by Gasteiger charge is 2.33. The monoisotopic (exact) mass is 272 g/mol. The molecular weight excluding hydrogens is 256 g/mol. The zero-order chi connectivity index (χ0) is 13.9. The molecule has 1 aromatic heterocycles. The van der Waals surface area contributed by atoms with E-state index in [1.807, 2.05) is 4.90 Å². The van der Waals surface area contributed by atoms with E-state index in [1.54, 1.807) is 18.3 Å². The van der Waals surface area contributed by atoms with Crippen molar-refractivity contribution in [2.75, 3.05) is 24.7 Å². The predicted molar refractivity (Wildman–Crippen MR) is 72.1 cm³/mol. The molecule has 1 saturated heterocycles. The van der Waals surface area contributed by atoms with Crippen LogP contribution in [0.4, 0.5) is 5.82 Å². The van der Waals surface area contributed by atoms with E-state index in [1.165, 1.54) is 0 Å². The lowest BCUT2D eigenvalue weighted by Gasteiger charge is -2.35. The minimum absolute atomic E-state index is 0.0173. The Bertz CT molecular complexity index is 550. The number of hydrogen-bond donors (Lipinski definition) is 1. The number of nitrogens with one attached hydrogen (secondary N) is 1. The quantitative estimate of drug-likeness (QED) is 0.863. The lowest BCUT2D eigenvalue weighted by Crippen LogP contribution is -2.54. The van der Waals surface area contributed by atoms with Gasteiger partial charge >= 0.3 is 0 Å². The smallest absolute Gasteiger partial charge is 0.245 e. The Morgan fingerprint density at radius 2 is 2.40 bits per heavy atom. The first-order valence-electron chi connectivity index (χ1n) is 6.79. The van der Waals surface area contributed by atoms with Crippen LogP contribution in [-0.2, 0) is 9.53 Å². The van der Waals surface area contributed by atoms with Gasteiger partial charge in [0, 0.05) is 18.8 Å². The number of hydrogen-bond acceptors (Lipinski definition) is 5. The molecule has 20 heavy (non-hydrogen) atoms. The van der Waals surface area contributed by atoms with Crippen LogP contribution < -0.4 is 10.2 Å². The molecule has 1 saturated carbocycles. The minimum Gasteiger partial charge on any atom is -0.377 e. The van der Waals surface area contributed by atoms with Gasteiger partial charge in [-0.3, -0.25) is 4.79 Å². The fourth-order valence-electron chi connectivity index (χ4n) is 2.27. The van der Waals surface area contributed by atoms with Crippen molar-refractivity contribution in [3.63, 3.8) is 0 Å². The van der Waals surface area contributed by atoms with Crippen LogP contribution in [-0.4, -0.2) is 42.7 Å². The molecule has 1 aliphatic carbocycles. The van der Waals surface area contributed by atoms with Crippen molar-refractivity contribution in [3.8, 4) is 6.07 Å². The van der Waals surface area contributed by atoms with E-state index in [2.05, 4.69) is 16.4 Å². The molecule has 2 aliphatic rings. The number of carbonyl (C=O) groups excluding carboxylic acids is 1. The maximum atomic E-state index is 12.3. The van der Waals surface area contributed by atoms with E-state index < -0.39 is 0 Å². The molecule has 1 unspecified atom stereocenters. The number of rotatable bonds is 3. The largest absolute Gasteiger partial charge is 0.377 e. The van der Waals surface area contributed by atoms with Crippen LogP contribution in [0.2, 0.25) is 0 Å². The highest BCUT2D eigenvalue weighted by atomic mass is 16.5. The van der Waals surface area contributed by atoms with Gasteiger partial charge in [-0.05, 0) is 25.0 Å². The molecule has 0 spiro atoms. The van der Waals surface area contributed by atoms with E-state index in [4.69, 9.17) is 10.00 Å². The SMILES string of the molecule is N#Cc1ccnc(N2CCOCC2C(=O)NC2CC2)c1. The summed E-state index contributed by atoms with van der Waals surface area (Å²) in [7, 11) is 0. The molecule has 1 aromatic rings. The average molecular weight is 272 g/mol. The third-order valence-corrected chi connectivity index (χ3v) is 3.52. The van der Waals surface area contributed by atoms with Crippen LogP contribution in [0.15, 0.2) is 18.3 Å². The molecule has 0 aromatic carbocycles. The molecule has 3 rings (SSSR count). The number of pyridine rings is 1. The Kier molecular flexibility index (Phi) is 3.52. The Labute approximate surface area is 117 Å². The van der Waals surface area contributed by atoms with Crippen LogP contribution in [0.25, 0.3) is 0 Å². The number of anilines is 1. The second-order valence-corrected chi connectivity index (χ2v) is 5.08. The Hall–Kier alpha value is -2.13. The van der Waals surface area contributed by atoms with E-state index in [0.29, 0.717) is 37.2 Å². The highest BCUT2D eigenvalue weighted by Crippen LogP contribution is 2.22. The van der Waals surface area contributed by atoms with Crippen molar-refractivity contribution in [2.45, 2.75) is 24.9 Å². The van der Waals surface area contributed by atoms with Gasteiger partial charge in [-0.2, -0.15) is 5.26 Å². The molecule has 2 heterocycles. The molecule has 104 valence electrons. The van der Waals surface area contributed by atoms with Gasteiger partial charge in [0.15, 0.2) is 0 Å². The zero-order valence-electron chi connectivity index (χ0n) is 11.1. The number of ether oxygens (including phenoxy) is 1. The Morgan fingerprint density at radius 1 is 1.55 bits per heavy atom. The van der Waals surface area contributed by atoms with Crippen LogP contribution in [0.1, 0.15) is 18.4 Å². The summed E-state index contributed by atoms with van der Waals surface area (Å²) in [5, 5.41) is 12.0. The van der Waals surface area contributed by atoms with Crippen LogP contribution in [0.3, 0.4) is 0 Å². The Morgan fingerprint density at radius 3 is 3.15 bits per heavy atom. The van der Waals surface area contributed by atoms with Gasteiger partial charge < -0.3 is 15.0 Å². The molecule has 2 fully saturated rings. The number of carbonyl (C=O) groups is 1. The van der Waals surface area contributed by atoms with Gasteiger partial charge in [0.25, 0.3) is 0 Å². The van der Waals surface area contributed by atoms with Crippen LogP contribution in [0, 0.1) is 11.3 Å². The molecular formula is C14H16N4O2. The van der Waals surface area contributed by atoms with Crippen molar-refractivity contribution in [2.24, 2.45) is 0 Å². The third kappa shape index (κ3) is 2.73. The first-order valence-corrected chi connectivity index (χ1v) is 6.79. The molecule has 1 atom stereocenters. The fraction of sp³-hybridized carbons (Fsp3) is 0.500. The summed E-state index contributed by atoms with van der Waals surface area (Å²) in [6.07, 6.45) is 3.71. The normalized spacial score (nSPS) is 22.1. The summed E-state index contributed by atoms with van der Waals surface area (Å²) in [5.74, 6) is 0.639. The lowest BCUT2D eigenvalue weighted by molar-refractivity contribution is -0.124. The molecule has 1 aliphatic heterocycles. The Balaban J connectivity index is 1.80. The average Bonchev–Trinajstić information content (AvgIpc) is 3.31. The first-order chi connectivity index (χ1) is 9.78. The van der Waals surface area contributed by atoms with Crippen molar-refractivity contribution >= 4 is 11.7 Å². The summed E-state index contributed by atoms with van der Waals surface area (Å²) in [5.41, 5.74) is 0.544. The molecule has 1 amide bonds. The topological polar surface area (TPSA) is 78.2 Å². The number of nitriles is 1. The second-order valence-electron chi connectivity index (χ2n) is 5.08. The van der Waals surface area contributed by atoms with Gasteiger partial charge in [0.05, 0.1) is 24.8 Å². The van der Waals surface area contributed by atoms with E-state index in [-0.39, 0.29) is 11.9 Å². The predicted octanol–water partition coefficient (Wildman–Crippen LogP) is 0.437. The van der Waals surface area contributed by atoms with Gasteiger partial charge in [0.2, 0.25) is 5.91 Å². The third-order valence-electron chi connectivity index (χ3n) is 3.52. The zero-order valence-corrected chi connectivity index (χ0v) is 11.1. The standard InChI is InChI=1S/C14H16N4O2/c15-8-10-3-4-16-13(7-10)18-5-6-20-9-12(18)14(19)17-11-1-2-11/h3-4,7,11-12H,1-2,5-6,9H2,(H,17,19). The number of aromatic nitrogens is 1. The number of morpholine rings is 1. The molecule has 6 heteroatoms. The van der Waals surface area contributed by atoms with Crippen molar-refractivity contribution in [1.29, 1.82) is 5.26 Å². The molecule has 6 nitrogen and oxygen atoms in total. The van der Waals surface area contributed by atoms with Gasteiger partial charge in [-0.1, -0.05) is 0 Å².